The van der Waals surface area contributed by atoms with E-state index in [-0.39, 0.29) is 39.0 Å². The fraction of sp³-hybridized carbons (Fsp3) is 0.500. The summed E-state index contributed by atoms with van der Waals surface area (Å²) in [5.74, 6) is -6.16. The Bertz CT molecular complexity index is 306. The number of aliphatic carboxylic acids is 4. The van der Waals surface area contributed by atoms with Gasteiger partial charge >= 0.3 is 39.0 Å². The molecule has 0 bridgehead atoms. The Balaban J connectivity index is -0.000000116. The molecule has 0 aromatic heterocycles. The molecule has 4 N–H and O–H groups in total. The number of carbonyl (C=O) groups excluding carboxylic acids is 4. The fourth-order valence-corrected chi connectivity index (χ4v) is 0.526. The Morgan fingerprint density at radius 2 is 0.900 bits per heavy atom. The van der Waals surface area contributed by atoms with Crippen LogP contribution in [0.15, 0.2) is 0 Å². The summed E-state index contributed by atoms with van der Waals surface area (Å²) in [5.41, 5.74) is 9.47. The van der Waals surface area contributed by atoms with Gasteiger partial charge in [-0.05, 0) is 0 Å². The van der Waals surface area contributed by atoms with E-state index in [1.807, 2.05) is 0 Å². The summed E-state index contributed by atoms with van der Waals surface area (Å²) in [6.45, 7) is 0. The van der Waals surface area contributed by atoms with Crippen molar-refractivity contribution in [2.24, 2.45) is 11.5 Å². The molecule has 0 saturated carbocycles. The predicted molar refractivity (Wildman–Crippen MR) is 45.2 cm³/mol. The predicted octanol–water partition coefficient (Wildman–Crippen LogP) is -7.60. The Morgan fingerprint density at radius 3 is 0.950 bits per heavy atom. The molecule has 10 nitrogen and oxygen atoms in total. The van der Waals surface area contributed by atoms with E-state index in [0.29, 0.717) is 0 Å². The van der Waals surface area contributed by atoms with Crippen LogP contribution in [-0.4, -0.2) is 36.0 Å². The van der Waals surface area contributed by atoms with Gasteiger partial charge in [-0.15, -0.1) is 0 Å². The first kappa shape index (κ1) is 27.4. The molecule has 0 aliphatic heterocycles. The van der Waals surface area contributed by atoms with Crippen LogP contribution in [0.25, 0.3) is 0 Å². The maximum atomic E-state index is 9.71. The van der Waals surface area contributed by atoms with E-state index >= 15 is 0 Å². The molecule has 0 aromatic carbocycles. The van der Waals surface area contributed by atoms with Crippen molar-refractivity contribution >= 4 is 23.9 Å². The molecule has 0 aliphatic rings. The van der Waals surface area contributed by atoms with Crippen molar-refractivity contribution in [2.45, 2.75) is 24.9 Å². The summed E-state index contributed by atoms with van der Waals surface area (Å²) < 4.78 is 0. The number of carboxylic acids is 4. The fourth-order valence-electron chi connectivity index (χ4n) is 0.526. The van der Waals surface area contributed by atoms with Crippen LogP contribution in [0.4, 0.5) is 0 Å². The zero-order valence-electron chi connectivity index (χ0n) is 10.4. The van der Waals surface area contributed by atoms with Gasteiger partial charge in [0.15, 0.2) is 0 Å². The number of hydrogen-bond acceptors (Lipinski definition) is 10. The van der Waals surface area contributed by atoms with Crippen LogP contribution in [-0.2, 0) is 58.1 Å². The summed E-state index contributed by atoms with van der Waals surface area (Å²) in [6, 6.07) is -2.93. The molecule has 0 spiro atoms. The second kappa shape index (κ2) is 14.5. The standard InChI is InChI=1S/2C4H7NO4.2Zn/c2*5-2(4(8)9)1-3(6)7;;/h2*2H,1,5H2,(H,6,7)(H,8,9);;/q;;2*+2/p-4/t2*2-;;/m00../s1. The Morgan fingerprint density at radius 1 is 0.700 bits per heavy atom. The topological polar surface area (TPSA) is 213 Å². The zero-order valence-corrected chi connectivity index (χ0v) is 16.3. The first-order valence-electron chi connectivity index (χ1n) is 4.40. The normalized spacial score (nSPS) is 11.3. The van der Waals surface area contributed by atoms with Gasteiger partial charge in [-0.1, -0.05) is 0 Å². The summed E-state index contributed by atoms with van der Waals surface area (Å²) in [7, 11) is 0. The van der Waals surface area contributed by atoms with Crippen LogP contribution in [0.5, 0.6) is 0 Å². The van der Waals surface area contributed by atoms with Crippen LogP contribution >= 0.6 is 0 Å². The van der Waals surface area contributed by atoms with Gasteiger partial charge in [0.25, 0.3) is 0 Å². The van der Waals surface area contributed by atoms with Gasteiger partial charge in [0.1, 0.15) is 0 Å². The second-order valence-corrected chi connectivity index (χ2v) is 3.00. The van der Waals surface area contributed by atoms with E-state index in [1.54, 1.807) is 0 Å². The number of rotatable bonds is 6. The average Bonchev–Trinajstić information content (AvgIpc) is 2.16. The van der Waals surface area contributed by atoms with Crippen LogP contribution in [0.1, 0.15) is 12.8 Å². The minimum Gasteiger partial charge on any atom is -0.550 e. The first-order valence-corrected chi connectivity index (χ1v) is 4.40. The molecule has 0 saturated heterocycles. The van der Waals surface area contributed by atoms with Gasteiger partial charge in [-0.25, -0.2) is 0 Å². The molecule has 0 radical (unpaired) electrons. The number of nitrogens with two attached hydrogens (primary N) is 2. The van der Waals surface area contributed by atoms with E-state index in [9.17, 15) is 39.6 Å². The molecule has 0 unspecified atom stereocenters. The number of carbonyl (C=O) groups is 4. The first-order chi connectivity index (χ1) is 8.07. The Hall–Kier alpha value is -0.953. The zero-order chi connectivity index (χ0) is 14.9. The average molecular weight is 393 g/mol. The summed E-state index contributed by atoms with van der Waals surface area (Å²) in [5, 5.41) is 38.7. The van der Waals surface area contributed by atoms with Crippen LogP contribution in [0, 0.1) is 0 Å². The van der Waals surface area contributed by atoms with Gasteiger partial charge < -0.3 is 51.1 Å². The molecule has 0 rings (SSSR count). The second-order valence-electron chi connectivity index (χ2n) is 3.00. The van der Waals surface area contributed by atoms with Gasteiger partial charge in [0, 0.05) is 36.9 Å². The quantitative estimate of drug-likeness (QED) is 0.407. The molecular weight excluding hydrogens is 383 g/mol. The van der Waals surface area contributed by atoms with Crippen molar-refractivity contribution in [3.63, 3.8) is 0 Å². The van der Waals surface area contributed by atoms with Crippen LogP contribution in [0.3, 0.4) is 0 Å². The van der Waals surface area contributed by atoms with Gasteiger partial charge in [-0.2, -0.15) is 0 Å². The summed E-state index contributed by atoms with van der Waals surface area (Å²) >= 11 is 0. The van der Waals surface area contributed by atoms with E-state index < -0.39 is 48.8 Å². The maximum absolute atomic E-state index is 9.71. The molecule has 0 amide bonds. The largest absolute Gasteiger partial charge is 2.00 e. The van der Waals surface area contributed by atoms with Crippen molar-refractivity contribution in [3.8, 4) is 0 Å². The molecule has 12 heteroatoms. The monoisotopic (exact) mass is 390 g/mol. The Labute approximate surface area is 139 Å². The molecule has 2 atom stereocenters. The molecule has 0 fully saturated rings. The third-order valence-electron chi connectivity index (χ3n) is 1.38. The van der Waals surface area contributed by atoms with Crippen molar-refractivity contribution in [3.05, 3.63) is 0 Å². The van der Waals surface area contributed by atoms with E-state index in [1.165, 1.54) is 0 Å². The minimum absolute atomic E-state index is 0. The van der Waals surface area contributed by atoms with Gasteiger partial charge in [0.2, 0.25) is 0 Å². The Kier molecular flexibility index (Phi) is 19.8. The smallest absolute Gasteiger partial charge is 0.550 e. The minimum atomic E-state index is -1.58. The van der Waals surface area contributed by atoms with Crippen LogP contribution < -0.4 is 31.9 Å². The third kappa shape index (κ3) is 19.4. The van der Waals surface area contributed by atoms with Crippen molar-refractivity contribution in [1.29, 1.82) is 0 Å². The molecule has 104 valence electrons. The maximum Gasteiger partial charge on any atom is 2.00 e. The SMILES string of the molecule is N[C@@H](CC(=O)[O-])C(=O)[O-].N[C@@H](CC(=O)[O-])C(=O)[O-].[Zn+2].[Zn+2]. The van der Waals surface area contributed by atoms with Crippen LogP contribution in [0.2, 0.25) is 0 Å². The van der Waals surface area contributed by atoms with Gasteiger partial charge in [0.05, 0.1) is 11.9 Å². The van der Waals surface area contributed by atoms with E-state index in [4.69, 9.17) is 11.5 Å². The van der Waals surface area contributed by atoms with E-state index in [2.05, 4.69) is 0 Å². The van der Waals surface area contributed by atoms with Crippen molar-refractivity contribution in [2.75, 3.05) is 0 Å². The molecule has 20 heavy (non-hydrogen) atoms. The number of hydrogen-bond donors (Lipinski definition) is 2. The molecular formula is C8H10N2O8Zn2. The number of carboxylic acid groups (broad SMARTS) is 4. The van der Waals surface area contributed by atoms with Crippen molar-refractivity contribution in [1.82, 2.24) is 0 Å². The van der Waals surface area contributed by atoms with E-state index in [0.717, 1.165) is 0 Å². The van der Waals surface area contributed by atoms with Crippen molar-refractivity contribution < 1.29 is 78.6 Å². The molecule has 0 aliphatic carbocycles. The third-order valence-corrected chi connectivity index (χ3v) is 1.38. The van der Waals surface area contributed by atoms with Gasteiger partial charge in [-0.3, -0.25) is 0 Å². The molecule has 0 heterocycles. The summed E-state index contributed by atoms with van der Waals surface area (Å²) in [4.78, 5) is 38.7. The molecule has 0 aromatic rings. The summed E-state index contributed by atoms with van der Waals surface area (Å²) in [6.07, 6.45) is -1.41.